The molecule has 3 nitrogen and oxygen atoms in total. The van der Waals surface area contributed by atoms with E-state index in [9.17, 15) is 0 Å². The first kappa shape index (κ1) is 14.3. The molecule has 0 bridgehead atoms. The van der Waals surface area contributed by atoms with Crippen LogP contribution >= 0.6 is 11.3 Å². The molecule has 0 aliphatic carbocycles. The van der Waals surface area contributed by atoms with Crippen molar-refractivity contribution in [2.45, 2.75) is 45.7 Å². The summed E-state index contributed by atoms with van der Waals surface area (Å²) in [5, 5.41) is 2.14. The lowest BCUT2D eigenvalue weighted by Gasteiger charge is -2.24. The standard InChI is InChI=1S/C15H23N3S/c1-4-6-12(14-7-5-8-19-14)18-10-17-9-13(18)15(16)11(2)3/h5,7-12,15H,4,6,16H2,1-3H3. The van der Waals surface area contributed by atoms with Crippen molar-refractivity contribution in [3.8, 4) is 0 Å². The van der Waals surface area contributed by atoms with E-state index in [0.29, 0.717) is 12.0 Å². The highest BCUT2D eigenvalue weighted by Gasteiger charge is 2.21. The van der Waals surface area contributed by atoms with Crippen LogP contribution in [0.4, 0.5) is 0 Å². The van der Waals surface area contributed by atoms with E-state index in [4.69, 9.17) is 5.73 Å². The van der Waals surface area contributed by atoms with Crippen molar-refractivity contribution < 1.29 is 0 Å². The van der Waals surface area contributed by atoms with E-state index in [0.717, 1.165) is 18.5 Å². The van der Waals surface area contributed by atoms with Crippen LogP contribution in [0.1, 0.15) is 56.3 Å². The number of nitrogens with two attached hydrogens (primary N) is 1. The van der Waals surface area contributed by atoms with Gasteiger partial charge in [0.25, 0.3) is 0 Å². The normalized spacial score (nSPS) is 14.8. The topological polar surface area (TPSA) is 43.8 Å². The molecule has 0 aliphatic heterocycles. The van der Waals surface area contributed by atoms with Crippen LogP contribution in [-0.4, -0.2) is 9.55 Å². The first-order valence-electron chi connectivity index (χ1n) is 6.95. The van der Waals surface area contributed by atoms with E-state index < -0.39 is 0 Å². The summed E-state index contributed by atoms with van der Waals surface area (Å²) in [5.74, 6) is 0.418. The molecule has 2 N–H and O–H groups in total. The fourth-order valence-electron chi connectivity index (χ4n) is 2.35. The fraction of sp³-hybridized carbons (Fsp3) is 0.533. The summed E-state index contributed by atoms with van der Waals surface area (Å²) in [5.41, 5.74) is 7.45. The third kappa shape index (κ3) is 3.07. The molecule has 0 aliphatic rings. The average Bonchev–Trinajstić information content (AvgIpc) is 3.06. The van der Waals surface area contributed by atoms with Crippen molar-refractivity contribution in [3.63, 3.8) is 0 Å². The highest BCUT2D eigenvalue weighted by molar-refractivity contribution is 7.10. The molecule has 19 heavy (non-hydrogen) atoms. The van der Waals surface area contributed by atoms with E-state index in [1.807, 2.05) is 23.9 Å². The number of hydrogen-bond donors (Lipinski definition) is 1. The predicted molar refractivity (Wildman–Crippen MR) is 81.4 cm³/mol. The molecule has 0 saturated carbocycles. The summed E-state index contributed by atoms with van der Waals surface area (Å²) in [6, 6.07) is 4.73. The monoisotopic (exact) mass is 277 g/mol. The fourth-order valence-corrected chi connectivity index (χ4v) is 3.21. The second-order valence-electron chi connectivity index (χ2n) is 5.32. The lowest BCUT2D eigenvalue weighted by Crippen LogP contribution is -2.22. The Hall–Kier alpha value is -1.13. The zero-order valence-corrected chi connectivity index (χ0v) is 12.7. The molecule has 0 spiro atoms. The van der Waals surface area contributed by atoms with E-state index in [2.05, 4.69) is 47.8 Å². The second kappa shape index (κ2) is 6.35. The molecule has 0 aromatic carbocycles. The van der Waals surface area contributed by atoms with Crippen LogP contribution in [-0.2, 0) is 0 Å². The van der Waals surface area contributed by atoms with Crippen LogP contribution < -0.4 is 5.73 Å². The minimum absolute atomic E-state index is 0.0434. The van der Waals surface area contributed by atoms with Gasteiger partial charge in [0, 0.05) is 17.1 Å². The molecule has 2 unspecified atom stereocenters. The number of aromatic nitrogens is 2. The molecule has 0 fully saturated rings. The Morgan fingerprint density at radius 2 is 2.21 bits per heavy atom. The molecule has 104 valence electrons. The van der Waals surface area contributed by atoms with Crippen molar-refractivity contribution in [3.05, 3.63) is 40.6 Å². The smallest absolute Gasteiger partial charge is 0.0954 e. The molecule has 2 atom stereocenters. The average molecular weight is 277 g/mol. The number of hydrogen-bond acceptors (Lipinski definition) is 3. The third-order valence-corrected chi connectivity index (χ3v) is 4.50. The maximum atomic E-state index is 6.31. The van der Waals surface area contributed by atoms with Gasteiger partial charge in [-0.25, -0.2) is 4.98 Å². The molecular weight excluding hydrogens is 254 g/mol. The van der Waals surface area contributed by atoms with Crippen LogP contribution in [0.15, 0.2) is 30.0 Å². The summed E-state index contributed by atoms with van der Waals surface area (Å²) in [6.07, 6.45) is 6.12. The summed E-state index contributed by atoms with van der Waals surface area (Å²) >= 11 is 1.81. The number of nitrogens with zero attached hydrogens (tertiary/aromatic N) is 2. The SMILES string of the molecule is CCCC(c1cccs1)n1cncc1C(N)C(C)C. The quantitative estimate of drug-likeness (QED) is 0.867. The highest BCUT2D eigenvalue weighted by Crippen LogP contribution is 2.31. The second-order valence-corrected chi connectivity index (χ2v) is 6.29. The Morgan fingerprint density at radius 3 is 2.79 bits per heavy atom. The molecule has 0 saturated heterocycles. The Bertz CT molecular complexity index is 487. The van der Waals surface area contributed by atoms with Gasteiger partial charge >= 0.3 is 0 Å². The molecule has 2 aromatic heterocycles. The van der Waals surface area contributed by atoms with Crippen molar-refractivity contribution >= 4 is 11.3 Å². The van der Waals surface area contributed by atoms with Crippen LogP contribution in [0.25, 0.3) is 0 Å². The van der Waals surface area contributed by atoms with Gasteiger partial charge in [-0.3, -0.25) is 0 Å². The van der Waals surface area contributed by atoms with E-state index in [-0.39, 0.29) is 6.04 Å². The largest absolute Gasteiger partial charge is 0.325 e. The zero-order valence-electron chi connectivity index (χ0n) is 11.9. The molecule has 0 amide bonds. The third-order valence-electron chi connectivity index (χ3n) is 3.53. The molecule has 4 heteroatoms. The first-order valence-corrected chi connectivity index (χ1v) is 7.83. The van der Waals surface area contributed by atoms with Gasteiger partial charge in [0.05, 0.1) is 18.1 Å². The van der Waals surface area contributed by atoms with Gasteiger partial charge in [-0.05, 0) is 23.8 Å². The van der Waals surface area contributed by atoms with Gasteiger partial charge in [-0.1, -0.05) is 33.3 Å². The van der Waals surface area contributed by atoms with E-state index in [1.54, 1.807) is 0 Å². The van der Waals surface area contributed by atoms with Gasteiger partial charge < -0.3 is 10.3 Å². The number of thiophene rings is 1. The molecule has 2 rings (SSSR count). The van der Waals surface area contributed by atoms with E-state index >= 15 is 0 Å². The van der Waals surface area contributed by atoms with Crippen molar-refractivity contribution in [2.24, 2.45) is 11.7 Å². The highest BCUT2D eigenvalue weighted by atomic mass is 32.1. The van der Waals surface area contributed by atoms with Gasteiger partial charge in [0.2, 0.25) is 0 Å². The maximum absolute atomic E-state index is 6.31. The van der Waals surface area contributed by atoms with Gasteiger partial charge in [-0.15, -0.1) is 11.3 Å². The summed E-state index contributed by atoms with van der Waals surface area (Å²) in [6.45, 7) is 6.53. The molecule has 0 radical (unpaired) electrons. The van der Waals surface area contributed by atoms with Crippen LogP contribution in [0.3, 0.4) is 0 Å². The molecule has 2 aromatic rings. The lowest BCUT2D eigenvalue weighted by molar-refractivity contribution is 0.449. The zero-order chi connectivity index (χ0) is 13.8. The van der Waals surface area contributed by atoms with Crippen LogP contribution in [0.5, 0.6) is 0 Å². The Labute approximate surface area is 119 Å². The summed E-state index contributed by atoms with van der Waals surface area (Å²) in [4.78, 5) is 5.71. The van der Waals surface area contributed by atoms with Gasteiger partial charge in [-0.2, -0.15) is 0 Å². The maximum Gasteiger partial charge on any atom is 0.0954 e. The van der Waals surface area contributed by atoms with Crippen LogP contribution in [0.2, 0.25) is 0 Å². The Kier molecular flexibility index (Phi) is 4.77. The van der Waals surface area contributed by atoms with Crippen molar-refractivity contribution in [1.29, 1.82) is 0 Å². The lowest BCUT2D eigenvalue weighted by atomic mass is 10.0. The molecule has 2 heterocycles. The number of rotatable bonds is 6. The van der Waals surface area contributed by atoms with Gasteiger partial charge in [0.15, 0.2) is 0 Å². The first-order chi connectivity index (χ1) is 9.15. The van der Waals surface area contributed by atoms with Crippen molar-refractivity contribution in [2.75, 3.05) is 0 Å². The van der Waals surface area contributed by atoms with Crippen molar-refractivity contribution in [1.82, 2.24) is 9.55 Å². The van der Waals surface area contributed by atoms with Crippen LogP contribution in [0, 0.1) is 5.92 Å². The minimum Gasteiger partial charge on any atom is -0.325 e. The van der Waals surface area contributed by atoms with E-state index in [1.165, 1.54) is 4.88 Å². The summed E-state index contributed by atoms with van der Waals surface area (Å²) in [7, 11) is 0. The Balaban J connectivity index is 2.35. The number of imidazole rings is 1. The Morgan fingerprint density at radius 1 is 1.42 bits per heavy atom. The minimum atomic E-state index is 0.0434. The van der Waals surface area contributed by atoms with Gasteiger partial charge in [0.1, 0.15) is 0 Å². The summed E-state index contributed by atoms with van der Waals surface area (Å²) < 4.78 is 2.26. The molecular formula is C15H23N3S. The predicted octanol–water partition coefficient (Wildman–Crippen LogP) is 3.99.